The predicted octanol–water partition coefficient (Wildman–Crippen LogP) is 4.73. The second-order valence-corrected chi connectivity index (χ2v) is 7.78. The summed E-state index contributed by atoms with van der Waals surface area (Å²) < 4.78 is 37.4. The number of alkyl halides is 1. The average molecular weight is 365 g/mol. The summed E-state index contributed by atoms with van der Waals surface area (Å²) in [5, 5.41) is 1.05. The first-order valence-electron chi connectivity index (χ1n) is 7.11. The van der Waals surface area contributed by atoms with Crippen LogP contribution < -0.4 is 0 Å². The van der Waals surface area contributed by atoms with Gasteiger partial charge in [0.2, 0.25) is 0 Å². The van der Waals surface area contributed by atoms with E-state index in [9.17, 15) is 12.8 Å². The van der Waals surface area contributed by atoms with E-state index >= 15 is 0 Å². The van der Waals surface area contributed by atoms with Crippen molar-refractivity contribution >= 4 is 25.8 Å². The Morgan fingerprint density at radius 1 is 0.900 bits per heavy atom. The second-order valence-electron chi connectivity index (χ2n) is 4.91. The van der Waals surface area contributed by atoms with Crippen molar-refractivity contribution in [2.75, 3.05) is 11.1 Å². The second kappa shape index (κ2) is 9.50. The molecule has 0 atom stereocenters. The molecule has 1 aromatic carbocycles. The Kier molecular flexibility index (Phi) is 8.38. The SMILES string of the molecule is O=S(=O)(CCCCCCCCCBr)c1ccccc1F. The lowest BCUT2D eigenvalue weighted by atomic mass is 10.1. The minimum atomic E-state index is -3.47. The average Bonchev–Trinajstić information content (AvgIpc) is 2.42. The maximum Gasteiger partial charge on any atom is 0.181 e. The van der Waals surface area contributed by atoms with Crippen molar-refractivity contribution < 1.29 is 12.8 Å². The summed E-state index contributed by atoms with van der Waals surface area (Å²) in [6.45, 7) is 0. The highest BCUT2D eigenvalue weighted by Gasteiger charge is 2.17. The molecule has 0 fully saturated rings. The zero-order chi connectivity index (χ0) is 14.8. The fraction of sp³-hybridized carbons (Fsp3) is 0.600. The number of unbranched alkanes of at least 4 members (excludes halogenated alkanes) is 6. The van der Waals surface area contributed by atoms with E-state index < -0.39 is 15.7 Å². The molecule has 0 saturated carbocycles. The van der Waals surface area contributed by atoms with Crippen molar-refractivity contribution in [2.24, 2.45) is 0 Å². The van der Waals surface area contributed by atoms with Crippen LogP contribution in [-0.4, -0.2) is 19.5 Å². The lowest BCUT2D eigenvalue weighted by Crippen LogP contribution is -2.08. The van der Waals surface area contributed by atoms with Crippen LogP contribution in [0.5, 0.6) is 0 Å². The summed E-state index contributed by atoms with van der Waals surface area (Å²) in [4.78, 5) is -0.169. The van der Waals surface area contributed by atoms with Crippen LogP contribution in [0.4, 0.5) is 4.39 Å². The molecule has 1 aromatic rings. The van der Waals surface area contributed by atoms with Crippen molar-refractivity contribution in [3.05, 3.63) is 30.1 Å². The van der Waals surface area contributed by atoms with E-state index in [-0.39, 0.29) is 10.6 Å². The van der Waals surface area contributed by atoms with Gasteiger partial charge < -0.3 is 0 Å². The van der Waals surface area contributed by atoms with Crippen molar-refractivity contribution in [1.29, 1.82) is 0 Å². The van der Waals surface area contributed by atoms with Crippen molar-refractivity contribution in [2.45, 2.75) is 49.8 Å². The summed E-state index contributed by atoms with van der Waals surface area (Å²) in [5.41, 5.74) is 0. The number of hydrogen-bond acceptors (Lipinski definition) is 2. The van der Waals surface area contributed by atoms with Crippen LogP contribution in [0.2, 0.25) is 0 Å². The Bertz CT molecular complexity index is 488. The number of hydrogen-bond donors (Lipinski definition) is 0. The van der Waals surface area contributed by atoms with Crippen molar-refractivity contribution in [3.63, 3.8) is 0 Å². The van der Waals surface area contributed by atoms with Crippen LogP contribution in [-0.2, 0) is 9.84 Å². The van der Waals surface area contributed by atoms with Gasteiger partial charge in [-0.2, -0.15) is 0 Å². The fourth-order valence-electron chi connectivity index (χ4n) is 2.08. The summed E-state index contributed by atoms with van der Waals surface area (Å²) in [5.74, 6) is -0.614. The fourth-order valence-corrected chi connectivity index (χ4v) is 3.93. The first-order chi connectivity index (χ1) is 9.58. The molecule has 114 valence electrons. The molecule has 0 unspecified atom stereocenters. The minimum Gasteiger partial charge on any atom is -0.224 e. The van der Waals surface area contributed by atoms with Gasteiger partial charge in [0.15, 0.2) is 9.84 Å². The smallest absolute Gasteiger partial charge is 0.181 e. The number of halogens is 2. The van der Waals surface area contributed by atoms with E-state index in [0.717, 1.165) is 24.6 Å². The van der Waals surface area contributed by atoms with Gasteiger partial charge in [-0.1, -0.05) is 60.2 Å². The molecule has 2 nitrogen and oxygen atoms in total. The molecule has 0 spiro atoms. The highest BCUT2D eigenvalue weighted by molar-refractivity contribution is 9.09. The van der Waals surface area contributed by atoms with Gasteiger partial charge in [0.25, 0.3) is 0 Å². The van der Waals surface area contributed by atoms with E-state index in [1.165, 1.54) is 37.5 Å². The summed E-state index contributed by atoms with van der Waals surface area (Å²) in [6, 6.07) is 5.59. The molecule has 0 radical (unpaired) electrons. The Morgan fingerprint density at radius 2 is 1.45 bits per heavy atom. The van der Waals surface area contributed by atoms with Gasteiger partial charge in [0.1, 0.15) is 10.7 Å². The molecule has 0 saturated heterocycles. The third kappa shape index (κ3) is 6.35. The Balaban J connectivity index is 2.26. The third-order valence-corrected chi connectivity index (χ3v) is 5.61. The van der Waals surface area contributed by atoms with E-state index in [1.807, 2.05) is 0 Å². The molecular formula is C15H22BrFO2S. The zero-order valence-corrected chi connectivity index (χ0v) is 14.1. The molecule has 0 bridgehead atoms. The lowest BCUT2D eigenvalue weighted by Gasteiger charge is -2.05. The van der Waals surface area contributed by atoms with Gasteiger partial charge in [-0.05, 0) is 25.0 Å². The summed E-state index contributed by atoms with van der Waals surface area (Å²) in [6.07, 6.45) is 7.31. The van der Waals surface area contributed by atoms with Gasteiger partial charge in [-0.3, -0.25) is 0 Å². The standard InChI is InChI=1S/C15H22BrFO2S/c16-12-8-4-2-1-3-5-9-13-20(18,19)15-11-7-6-10-14(15)17/h6-7,10-11H,1-5,8-9,12-13H2. The summed E-state index contributed by atoms with van der Waals surface area (Å²) >= 11 is 3.40. The maximum atomic E-state index is 13.5. The highest BCUT2D eigenvalue weighted by Crippen LogP contribution is 2.17. The topological polar surface area (TPSA) is 34.1 Å². The molecule has 20 heavy (non-hydrogen) atoms. The van der Waals surface area contributed by atoms with Crippen molar-refractivity contribution in [1.82, 2.24) is 0 Å². The van der Waals surface area contributed by atoms with Gasteiger partial charge in [-0.15, -0.1) is 0 Å². The number of sulfone groups is 1. The molecule has 0 aliphatic heterocycles. The van der Waals surface area contributed by atoms with E-state index in [2.05, 4.69) is 15.9 Å². The van der Waals surface area contributed by atoms with E-state index in [4.69, 9.17) is 0 Å². The minimum absolute atomic E-state index is 0.0370. The first kappa shape index (κ1) is 17.6. The summed E-state index contributed by atoms with van der Waals surface area (Å²) in [7, 11) is -3.47. The largest absolute Gasteiger partial charge is 0.224 e. The zero-order valence-electron chi connectivity index (χ0n) is 11.7. The predicted molar refractivity (Wildman–Crippen MR) is 84.6 cm³/mol. The number of rotatable bonds is 10. The molecule has 0 amide bonds. The highest BCUT2D eigenvalue weighted by atomic mass is 79.9. The van der Waals surface area contributed by atoms with Crippen molar-refractivity contribution in [3.8, 4) is 0 Å². The number of benzene rings is 1. The van der Waals surface area contributed by atoms with Gasteiger partial charge in [-0.25, -0.2) is 12.8 Å². The Hall–Kier alpha value is -0.420. The molecule has 0 aliphatic rings. The van der Waals surface area contributed by atoms with Gasteiger partial charge in [0.05, 0.1) is 5.75 Å². The normalized spacial score (nSPS) is 11.7. The van der Waals surface area contributed by atoms with Gasteiger partial charge in [0, 0.05) is 5.33 Å². The lowest BCUT2D eigenvalue weighted by molar-refractivity contribution is 0.560. The van der Waals surface area contributed by atoms with Crippen LogP contribution >= 0.6 is 15.9 Å². The molecular weight excluding hydrogens is 343 g/mol. The monoisotopic (exact) mass is 364 g/mol. The molecule has 1 rings (SSSR count). The van der Waals surface area contributed by atoms with Crippen LogP contribution in [0.1, 0.15) is 44.9 Å². The molecule has 0 aromatic heterocycles. The molecule has 0 aliphatic carbocycles. The van der Waals surface area contributed by atoms with Crippen LogP contribution in [0.15, 0.2) is 29.2 Å². The Labute approximate surface area is 129 Å². The molecule has 5 heteroatoms. The quantitative estimate of drug-likeness (QED) is 0.444. The molecule has 0 heterocycles. The van der Waals surface area contributed by atoms with Crippen LogP contribution in [0.3, 0.4) is 0 Å². The van der Waals surface area contributed by atoms with Crippen LogP contribution in [0, 0.1) is 5.82 Å². The van der Waals surface area contributed by atoms with Gasteiger partial charge >= 0.3 is 0 Å². The van der Waals surface area contributed by atoms with E-state index in [1.54, 1.807) is 6.07 Å². The van der Waals surface area contributed by atoms with Crippen LogP contribution in [0.25, 0.3) is 0 Å². The van der Waals surface area contributed by atoms with E-state index in [0.29, 0.717) is 6.42 Å². The Morgan fingerprint density at radius 3 is 2.05 bits per heavy atom. The maximum absolute atomic E-state index is 13.5. The first-order valence-corrected chi connectivity index (χ1v) is 9.88. The molecule has 0 N–H and O–H groups in total. The third-order valence-electron chi connectivity index (χ3n) is 3.22.